The van der Waals surface area contributed by atoms with Gasteiger partial charge in [-0.1, -0.05) is 26.3 Å². The lowest BCUT2D eigenvalue weighted by Crippen LogP contribution is -2.75. The minimum absolute atomic E-state index is 0.0144. The van der Waals surface area contributed by atoms with Crippen LogP contribution >= 0.6 is 0 Å². The molecule has 0 N–H and O–H groups in total. The second-order valence-corrected chi connectivity index (χ2v) is 11.0. The van der Waals surface area contributed by atoms with Crippen LogP contribution in [0.25, 0.3) is 0 Å². The van der Waals surface area contributed by atoms with Crippen LogP contribution in [0.3, 0.4) is 0 Å². The monoisotopic (exact) mass is 420 g/mol. The van der Waals surface area contributed by atoms with Crippen molar-refractivity contribution < 1.29 is 28.5 Å². The second-order valence-electron chi connectivity index (χ2n) is 11.0. The summed E-state index contributed by atoms with van der Waals surface area (Å²) in [4.78, 5) is 24.4. The summed E-state index contributed by atoms with van der Waals surface area (Å²) in [5, 5.41) is 0. The molecule has 8 atom stereocenters. The predicted molar refractivity (Wildman–Crippen MR) is 111 cm³/mol. The maximum atomic E-state index is 12.2. The summed E-state index contributed by atoms with van der Waals surface area (Å²) in [6.45, 7) is 15.9. The maximum absolute atomic E-state index is 12.2. The highest BCUT2D eigenvalue weighted by molar-refractivity contribution is 5.67. The average Bonchev–Trinajstić information content (AvgIpc) is 2.96. The van der Waals surface area contributed by atoms with Gasteiger partial charge in [0.25, 0.3) is 0 Å². The van der Waals surface area contributed by atoms with Crippen LogP contribution in [0.1, 0.15) is 67.2 Å². The number of esters is 2. The van der Waals surface area contributed by atoms with Crippen molar-refractivity contribution in [3.05, 3.63) is 12.7 Å². The predicted octanol–water partition coefficient (Wildman–Crippen LogP) is 3.81. The van der Waals surface area contributed by atoms with Gasteiger partial charge in [-0.25, -0.2) is 0 Å². The van der Waals surface area contributed by atoms with Gasteiger partial charge in [0.05, 0.1) is 18.3 Å². The lowest BCUT2D eigenvalue weighted by Gasteiger charge is -2.66. The molecule has 0 bridgehead atoms. The van der Waals surface area contributed by atoms with Gasteiger partial charge < -0.3 is 18.9 Å². The van der Waals surface area contributed by atoms with E-state index >= 15 is 0 Å². The summed E-state index contributed by atoms with van der Waals surface area (Å²) >= 11 is 0. The number of carbonyl (C=O) groups is 2. The van der Waals surface area contributed by atoms with E-state index in [2.05, 4.69) is 20.4 Å². The fraction of sp³-hybridized carbons (Fsp3) is 0.833. The van der Waals surface area contributed by atoms with Gasteiger partial charge in [-0.2, -0.15) is 0 Å². The SMILES string of the molecule is C=C[C@@]1(C)C[C@@H]2OC[C@]34CCCC(C)(C)[C@@H]3[C@H](OC(C)=O)[C@H](OC(C)=O)[C@@](C)(O1)[C@H]24. The van der Waals surface area contributed by atoms with E-state index < -0.39 is 29.4 Å². The molecule has 4 rings (SSSR count). The van der Waals surface area contributed by atoms with Crippen molar-refractivity contribution in [3.63, 3.8) is 0 Å². The molecular weight excluding hydrogens is 384 g/mol. The first kappa shape index (κ1) is 21.8. The number of hydrogen-bond donors (Lipinski definition) is 0. The first-order valence-electron chi connectivity index (χ1n) is 11.2. The van der Waals surface area contributed by atoms with Crippen LogP contribution in [0, 0.1) is 22.7 Å². The van der Waals surface area contributed by atoms with Gasteiger partial charge in [0.1, 0.15) is 11.7 Å². The van der Waals surface area contributed by atoms with E-state index in [4.69, 9.17) is 18.9 Å². The topological polar surface area (TPSA) is 71.1 Å². The summed E-state index contributed by atoms with van der Waals surface area (Å²) in [5.41, 5.74) is -1.73. The fourth-order valence-electron chi connectivity index (χ4n) is 7.73. The molecule has 0 aromatic rings. The van der Waals surface area contributed by atoms with Crippen LogP contribution in [-0.2, 0) is 28.5 Å². The molecule has 0 aromatic carbocycles. The summed E-state index contributed by atoms with van der Waals surface area (Å²) in [5.74, 6) is -0.691. The quantitative estimate of drug-likeness (QED) is 0.511. The molecule has 4 fully saturated rings. The molecule has 0 radical (unpaired) electrons. The molecule has 6 nitrogen and oxygen atoms in total. The Kier molecular flexibility index (Phi) is 4.94. The Balaban J connectivity index is 1.93. The van der Waals surface area contributed by atoms with Crippen molar-refractivity contribution >= 4 is 11.9 Å². The highest BCUT2D eigenvalue weighted by atomic mass is 16.6. The molecule has 2 heterocycles. The van der Waals surface area contributed by atoms with Crippen molar-refractivity contribution in [1.29, 1.82) is 0 Å². The van der Waals surface area contributed by atoms with Gasteiger partial charge >= 0.3 is 11.9 Å². The van der Waals surface area contributed by atoms with E-state index in [1.165, 1.54) is 13.8 Å². The fourth-order valence-corrected chi connectivity index (χ4v) is 7.73. The Morgan fingerprint density at radius 2 is 1.70 bits per heavy atom. The molecule has 0 unspecified atom stereocenters. The van der Waals surface area contributed by atoms with Crippen LogP contribution in [0.5, 0.6) is 0 Å². The summed E-state index contributed by atoms with van der Waals surface area (Å²) in [7, 11) is 0. The van der Waals surface area contributed by atoms with Gasteiger partial charge in [0, 0.05) is 37.5 Å². The minimum Gasteiger partial charge on any atom is -0.458 e. The number of hydrogen-bond acceptors (Lipinski definition) is 6. The molecule has 2 aliphatic carbocycles. The van der Waals surface area contributed by atoms with Crippen molar-refractivity contribution in [2.24, 2.45) is 22.7 Å². The molecule has 30 heavy (non-hydrogen) atoms. The molecule has 0 amide bonds. The van der Waals surface area contributed by atoms with E-state index in [0.717, 1.165) is 25.7 Å². The van der Waals surface area contributed by atoms with E-state index in [0.29, 0.717) is 6.61 Å². The lowest BCUT2D eigenvalue weighted by atomic mass is 9.43. The Morgan fingerprint density at radius 1 is 1.03 bits per heavy atom. The smallest absolute Gasteiger partial charge is 0.303 e. The minimum atomic E-state index is -0.849. The third kappa shape index (κ3) is 2.97. The number of ether oxygens (including phenoxy) is 4. The van der Waals surface area contributed by atoms with E-state index in [9.17, 15) is 9.59 Å². The highest BCUT2D eigenvalue weighted by Crippen LogP contribution is 2.69. The van der Waals surface area contributed by atoms with Gasteiger partial charge in [-0.05, 0) is 32.1 Å². The zero-order chi connectivity index (χ0) is 22.1. The summed E-state index contributed by atoms with van der Waals surface area (Å²) in [6, 6.07) is 0. The Labute approximate surface area is 179 Å². The molecule has 2 aliphatic heterocycles. The van der Waals surface area contributed by atoms with Crippen molar-refractivity contribution in [3.8, 4) is 0 Å². The van der Waals surface area contributed by atoms with E-state index in [-0.39, 0.29) is 34.7 Å². The third-order valence-electron chi connectivity index (χ3n) is 8.38. The zero-order valence-electron chi connectivity index (χ0n) is 19.2. The van der Waals surface area contributed by atoms with Crippen LogP contribution < -0.4 is 0 Å². The lowest BCUT2D eigenvalue weighted by molar-refractivity contribution is -0.319. The highest BCUT2D eigenvalue weighted by Gasteiger charge is 2.76. The molecule has 2 saturated carbocycles. The molecule has 6 heteroatoms. The molecular formula is C24H36O6. The van der Waals surface area contributed by atoms with Gasteiger partial charge in [0.15, 0.2) is 6.10 Å². The molecule has 1 spiro atoms. The Morgan fingerprint density at radius 3 is 2.30 bits per heavy atom. The Hall–Kier alpha value is -1.40. The van der Waals surface area contributed by atoms with Crippen molar-refractivity contribution in [1.82, 2.24) is 0 Å². The van der Waals surface area contributed by atoms with Gasteiger partial charge in [-0.3, -0.25) is 9.59 Å². The van der Waals surface area contributed by atoms with Crippen molar-refractivity contribution in [2.75, 3.05) is 6.61 Å². The zero-order valence-corrected chi connectivity index (χ0v) is 19.2. The maximum Gasteiger partial charge on any atom is 0.303 e. The molecule has 4 aliphatic rings. The molecule has 168 valence electrons. The van der Waals surface area contributed by atoms with Crippen LogP contribution in [-0.4, -0.2) is 48.1 Å². The normalized spacial score (nSPS) is 48.8. The number of rotatable bonds is 3. The van der Waals surface area contributed by atoms with Crippen molar-refractivity contribution in [2.45, 2.75) is 96.7 Å². The van der Waals surface area contributed by atoms with Gasteiger partial charge in [0.2, 0.25) is 0 Å². The third-order valence-corrected chi connectivity index (χ3v) is 8.38. The summed E-state index contributed by atoms with van der Waals surface area (Å²) < 4.78 is 25.2. The largest absolute Gasteiger partial charge is 0.458 e. The van der Waals surface area contributed by atoms with E-state index in [1.54, 1.807) is 0 Å². The Bertz CT molecular complexity index is 761. The van der Waals surface area contributed by atoms with Gasteiger partial charge in [-0.15, -0.1) is 6.58 Å². The average molecular weight is 421 g/mol. The second kappa shape index (κ2) is 6.80. The molecule has 2 saturated heterocycles. The number of carbonyl (C=O) groups excluding carboxylic acids is 2. The standard InChI is InChI=1S/C24H36O6/c1-8-22(6)12-16-18-23(7,30-22)20(29-15(3)26)17(28-14(2)25)19-21(4,5)10-9-11-24(18,19)13-27-16/h8,16-20H,1,9-13H2,2-7H3/t16-,17-,18-,19-,20-,22-,23-,24-/m0/s1. The first-order valence-corrected chi connectivity index (χ1v) is 11.2. The van der Waals surface area contributed by atoms with Crippen LogP contribution in [0.2, 0.25) is 0 Å². The molecule has 0 aromatic heterocycles. The van der Waals surface area contributed by atoms with Crippen LogP contribution in [0.4, 0.5) is 0 Å². The summed E-state index contributed by atoms with van der Waals surface area (Å²) in [6.07, 6.45) is 4.35. The first-order chi connectivity index (χ1) is 13.9. The van der Waals surface area contributed by atoms with Crippen LogP contribution in [0.15, 0.2) is 12.7 Å². The van der Waals surface area contributed by atoms with E-state index in [1.807, 2.05) is 19.9 Å².